The Balaban J connectivity index is 2.29. The summed E-state index contributed by atoms with van der Waals surface area (Å²) in [6, 6.07) is 7.35. The van der Waals surface area contributed by atoms with Gasteiger partial charge in [-0.3, -0.25) is 18.8 Å². The van der Waals surface area contributed by atoms with Gasteiger partial charge in [-0.25, -0.2) is 0 Å². The van der Waals surface area contributed by atoms with Crippen molar-refractivity contribution in [3.8, 4) is 0 Å². The van der Waals surface area contributed by atoms with Crippen LogP contribution in [0.2, 0.25) is 0 Å². The lowest BCUT2D eigenvalue weighted by Crippen LogP contribution is -2.20. The Morgan fingerprint density at radius 3 is 2.29 bits per heavy atom. The molecular weight excluding hydrogens is 286 g/mol. The number of aromatic nitrogens is 2. The first-order valence-electron chi connectivity index (χ1n) is 6.70. The molecule has 1 aromatic carbocycles. The zero-order valence-electron chi connectivity index (χ0n) is 12.8. The number of Topliss-reactive ketones (excluding diaryl/α,β-unsaturated/α-hetero) is 1. The van der Waals surface area contributed by atoms with Crippen LogP contribution in [0, 0.1) is 13.8 Å². The zero-order valence-corrected chi connectivity index (χ0v) is 13.6. The Morgan fingerprint density at radius 1 is 1.29 bits per heavy atom. The molecule has 0 aliphatic carbocycles. The molecule has 5 nitrogen and oxygen atoms in total. The molecule has 0 bridgehead atoms. The molecule has 0 amide bonds. The average Bonchev–Trinajstić information content (AvgIpc) is 2.64. The molecule has 0 aliphatic heterocycles. The molecule has 0 aliphatic rings. The molecule has 0 unspecified atom stereocenters. The van der Waals surface area contributed by atoms with E-state index in [0.717, 1.165) is 17.0 Å². The Morgan fingerprint density at radius 2 is 1.86 bits per heavy atom. The van der Waals surface area contributed by atoms with E-state index in [1.165, 1.54) is 0 Å². The van der Waals surface area contributed by atoms with Crippen LogP contribution in [-0.2, 0) is 16.7 Å². The summed E-state index contributed by atoms with van der Waals surface area (Å²) in [6.45, 7) is 5.85. The van der Waals surface area contributed by atoms with Crippen molar-refractivity contribution in [3.05, 3.63) is 46.8 Å². The molecule has 0 fully saturated rings. The minimum Gasteiger partial charge on any atom is -0.294 e. The van der Waals surface area contributed by atoms with Gasteiger partial charge in [-0.15, -0.1) is 0 Å². The van der Waals surface area contributed by atoms with Crippen molar-refractivity contribution in [1.29, 1.82) is 0 Å². The first kappa shape index (κ1) is 15.6. The van der Waals surface area contributed by atoms with E-state index >= 15 is 0 Å². The van der Waals surface area contributed by atoms with Crippen LogP contribution in [0.1, 0.15) is 34.2 Å². The van der Waals surface area contributed by atoms with Crippen molar-refractivity contribution < 1.29 is 9.00 Å². The SMILES string of the molecule is CC(=O)c1c(C)nn(Cc2ccc([SH](C)(N)=O)cc2)c1C. The third-order valence-corrected chi connectivity index (χ3v) is 4.84. The van der Waals surface area contributed by atoms with E-state index in [1.54, 1.807) is 25.3 Å². The Labute approximate surface area is 125 Å². The first-order valence-corrected chi connectivity index (χ1v) is 8.93. The number of hydrogen-bond acceptors (Lipinski definition) is 3. The minimum absolute atomic E-state index is 0.0293. The molecule has 2 aromatic rings. The van der Waals surface area contributed by atoms with Crippen LogP contribution in [0.15, 0.2) is 29.2 Å². The summed E-state index contributed by atoms with van der Waals surface area (Å²) in [5, 5.41) is 10.1. The van der Waals surface area contributed by atoms with E-state index in [9.17, 15) is 9.00 Å². The van der Waals surface area contributed by atoms with Gasteiger partial charge < -0.3 is 0 Å². The van der Waals surface area contributed by atoms with Crippen LogP contribution in [0.5, 0.6) is 0 Å². The van der Waals surface area contributed by atoms with Crippen LogP contribution < -0.4 is 5.14 Å². The van der Waals surface area contributed by atoms with Gasteiger partial charge in [-0.2, -0.15) is 5.10 Å². The van der Waals surface area contributed by atoms with Crippen LogP contribution in [0.25, 0.3) is 0 Å². The van der Waals surface area contributed by atoms with E-state index in [4.69, 9.17) is 5.14 Å². The molecule has 0 spiro atoms. The summed E-state index contributed by atoms with van der Waals surface area (Å²) in [7, 11) is -2.71. The maximum Gasteiger partial charge on any atom is 0.163 e. The molecule has 2 rings (SSSR count). The number of aryl methyl sites for hydroxylation is 1. The van der Waals surface area contributed by atoms with Crippen molar-refractivity contribution in [2.75, 3.05) is 6.26 Å². The number of carbonyl (C=O) groups excluding carboxylic acids is 1. The van der Waals surface area contributed by atoms with Gasteiger partial charge >= 0.3 is 0 Å². The van der Waals surface area contributed by atoms with E-state index < -0.39 is 10.1 Å². The predicted molar refractivity (Wildman–Crippen MR) is 85.2 cm³/mol. The van der Waals surface area contributed by atoms with Crippen molar-refractivity contribution in [2.45, 2.75) is 32.2 Å². The second-order valence-corrected chi connectivity index (χ2v) is 7.91. The number of benzene rings is 1. The average molecular weight is 307 g/mol. The molecule has 21 heavy (non-hydrogen) atoms. The van der Waals surface area contributed by atoms with Crippen molar-refractivity contribution >= 4 is 15.9 Å². The van der Waals surface area contributed by atoms with Gasteiger partial charge in [0.1, 0.15) is 0 Å². The van der Waals surface area contributed by atoms with Gasteiger partial charge in [0.2, 0.25) is 0 Å². The number of carbonyl (C=O) groups is 1. The molecule has 1 heterocycles. The quantitative estimate of drug-likeness (QED) is 0.665. The molecule has 114 valence electrons. The van der Waals surface area contributed by atoms with Gasteiger partial charge in [0.25, 0.3) is 0 Å². The third kappa shape index (κ3) is 3.28. The van der Waals surface area contributed by atoms with Crippen molar-refractivity contribution in [1.82, 2.24) is 9.78 Å². The lowest BCUT2D eigenvalue weighted by atomic mass is 10.1. The van der Waals surface area contributed by atoms with Gasteiger partial charge in [-0.1, -0.05) is 12.1 Å². The highest BCUT2D eigenvalue weighted by atomic mass is 32.3. The Kier molecular flexibility index (Phi) is 4.11. The molecular formula is C15H21N3O2S. The normalized spacial score (nSPS) is 12.4. The van der Waals surface area contributed by atoms with E-state index in [-0.39, 0.29) is 5.78 Å². The van der Waals surface area contributed by atoms with Gasteiger partial charge in [0.05, 0.1) is 17.8 Å². The minimum atomic E-state index is -2.71. The van der Waals surface area contributed by atoms with Gasteiger partial charge in [-0.05, 0) is 48.6 Å². The van der Waals surface area contributed by atoms with Crippen LogP contribution in [0.3, 0.4) is 0 Å². The second-order valence-electron chi connectivity index (χ2n) is 5.42. The summed E-state index contributed by atoms with van der Waals surface area (Å²) in [5.74, 6) is 0.0293. The summed E-state index contributed by atoms with van der Waals surface area (Å²) < 4.78 is 13.6. The van der Waals surface area contributed by atoms with Gasteiger partial charge in [0.15, 0.2) is 5.78 Å². The number of rotatable bonds is 4. The molecule has 2 N–H and O–H groups in total. The number of ketones is 1. The van der Waals surface area contributed by atoms with Crippen LogP contribution in [-0.4, -0.2) is 26.0 Å². The predicted octanol–water partition coefficient (Wildman–Crippen LogP) is 1.63. The number of nitrogens with two attached hydrogens (primary N) is 1. The highest BCUT2D eigenvalue weighted by Crippen LogP contribution is 2.17. The molecule has 6 heteroatoms. The monoisotopic (exact) mass is 307 g/mol. The topological polar surface area (TPSA) is 78.0 Å². The summed E-state index contributed by atoms with van der Waals surface area (Å²) in [6.07, 6.45) is 1.54. The van der Waals surface area contributed by atoms with Gasteiger partial charge in [0, 0.05) is 16.8 Å². The van der Waals surface area contributed by atoms with E-state index in [2.05, 4.69) is 5.10 Å². The number of thiol groups is 1. The first-order chi connectivity index (χ1) is 9.70. The highest BCUT2D eigenvalue weighted by molar-refractivity contribution is 8.00. The van der Waals surface area contributed by atoms with Crippen LogP contribution >= 0.6 is 0 Å². The van der Waals surface area contributed by atoms with E-state index in [1.807, 2.05) is 30.7 Å². The highest BCUT2D eigenvalue weighted by Gasteiger charge is 2.15. The third-order valence-electron chi connectivity index (χ3n) is 3.51. The molecule has 0 atom stereocenters. The molecule has 0 saturated heterocycles. The van der Waals surface area contributed by atoms with Crippen molar-refractivity contribution in [3.63, 3.8) is 0 Å². The Bertz CT molecular complexity index is 726. The maximum atomic E-state index is 11.8. The van der Waals surface area contributed by atoms with E-state index in [0.29, 0.717) is 17.0 Å². The fourth-order valence-corrected chi connectivity index (χ4v) is 3.17. The maximum absolute atomic E-state index is 11.8. The number of hydrogen-bond donors (Lipinski definition) is 2. The molecule has 0 radical (unpaired) electrons. The second kappa shape index (κ2) is 5.54. The summed E-state index contributed by atoms with van der Waals surface area (Å²) in [5.41, 5.74) is 3.32. The standard InChI is InChI=1S/C15H21N3O2S/c1-10-15(12(3)19)11(2)18(17-10)9-13-5-7-14(8-6-13)21(4,16)20/h5-8,21H,9H2,1-4H3,(H2,16,20). The molecule has 0 saturated carbocycles. The zero-order chi connectivity index (χ0) is 15.8. The lowest BCUT2D eigenvalue weighted by Gasteiger charge is -2.13. The largest absolute Gasteiger partial charge is 0.294 e. The lowest BCUT2D eigenvalue weighted by molar-refractivity contribution is 0.101. The van der Waals surface area contributed by atoms with Crippen LogP contribution in [0.4, 0.5) is 0 Å². The molecule has 1 aromatic heterocycles. The summed E-state index contributed by atoms with van der Waals surface area (Å²) in [4.78, 5) is 12.3. The fourth-order valence-electron chi connectivity index (χ4n) is 2.43. The van der Waals surface area contributed by atoms with Crippen molar-refractivity contribution in [2.24, 2.45) is 5.14 Å². The smallest absolute Gasteiger partial charge is 0.163 e. The Hall–Kier alpha value is -1.79. The number of nitrogens with zero attached hydrogens (tertiary/aromatic N) is 2. The summed E-state index contributed by atoms with van der Waals surface area (Å²) >= 11 is 0. The fraction of sp³-hybridized carbons (Fsp3) is 0.333.